The number of nitrogens with zero attached hydrogens (tertiary/aromatic N) is 3. The summed E-state index contributed by atoms with van der Waals surface area (Å²) in [6.45, 7) is 6.02. The smallest absolute Gasteiger partial charge is 0.224 e. The number of halogens is 1. The molecule has 0 saturated heterocycles. The Hall–Kier alpha value is -1.88. The van der Waals surface area contributed by atoms with Crippen molar-refractivity contribution in [3.8, 4) is 11.6 Å². The van der Waals surface area contributed by atoms with E-state index in [4.69, 9.17) is 22.1 Å². The Morgan fingerprint density at radius 1 is 1.16 bits per heavy atom. The van der Waals surface area contributed by atoms with E-state index < -0.39 is 0 Å². The minimum absolute atomic E-state index is 0.208. The maximum atomic E-state index is 5.85. The summed E-state index contributed by atoms with van der Waals surface area (Å²) in [6.07, 6.45) is 3.09. The third-order valence-corrected chi connectivity index (χ3v) is 2.50. The van der Waals surface area contributed by atoms with Crippen LogP contribution in [0.1, 0.15) is 26.6 Å². The van der Waals surface area contributed by atoms with Gasteiger partial charge in [-0.25, -0.2) is 4.98 Å². The van der Waals surface area contributed by atoms with Crippen molar-refractivity contribution < 1.29 is 4.74 Å². The fourth-order valence-corrected chi connectivity index (χ4v) is 1.56. The molecular formula is C13H15ClN4O. The number of hydrogen-bond acceptors (Lipinski definition) is 5. The molecule has 0 aliphatic carbocycles. The van der Waals surface area contributed by atoms with Gasteiger partial charge in [-0.15, -0.1) is 0 Å². The molecule has 0 amide bonds. The molecule has 19 heavy (non-hydrogen) atoms. The van der Waals surface area contributed by atoms with E-state index in [0.29, 0.717) is 28.3 Å². The van der Waals surface area contributed by atoms with Gasteiger partial charge >= 0.3 is 0 Å². The van der Waals surface area contributed by atoms with Crippen molar-refractivity contribution in [3.05, 3.63) is 35.4 Å². The summed E-state index contributed by atoms with van der Waals surface area (Å²) in [4.78, 5) is 12.5. The Kier molecular flexibility index (Phi) is 3.57. The van der Waals surface area contributed by atoms with Crippen LogP contribution >= 0.6 is 11.6 Å². The number of rotatable bonds is 2. The molecule has 5 nitrogen and oxygen atoms in total. The Balaban J connectivity index is 2.33. The molecule has 0 aliphatic heterocycles. The van der Waals surface area contributed by atoms with E-state index in [-0.39, 0.29) is 5.41 Å². The van der Waals surface area contributed by atoms with Crippen molar-refractivity contribution in [2.75, 3.05) is 5.73 Å². The van der Waals surface area contributed by atoms with E-state index >= 15 is 0 Å². The van der Waals surface area contributed by atoms with Crippen molar-refractivity contribution in [3.63, 3.8) is 0 Å². The summed E-state index contributed by atoms with van der Waals surface area (Å²) in [6, 6.07) is 3.22. The Bertz CT molecular complexity index is 595. The summed E-state index contributed by atoms with van der Waals surface area (Å²) in [5.74, 6) is 1.87. The molecule has 0 saturated carbocycles. The molecule has 0 aliphatic rings. The Labute approximate surface area is 116 Å². The first-order valence-corrected chi connectivity index (χ1v) is 6.16. The first kappa shape index (κ1) is 13.5. The van der Waals surface area contributed by atoms with Gasteiger partial charge in [-0.3, -0.25) is 4.98 Å². The van der Waals surface area contributed by atoms with Gasteiger partial charge in [-0.05, 0) is 0 Å². The predicted octanol–water partition coefficient (Wildman–Crippen LogP) is 3.20. The number of pyridine rings is 1. The number of nitrogen functional groups attached to an aromatic ring is 1. The van der Waals surface area contributed by atoms with Crippen LogP contribution in [-0.4, -0.2) is 15.0 Å². The second kappa shape index (κ2) is 5.01. The van der Waals surface area contributed by atoms with Gasteiger partial charge in [0, 0.05) is 23.7 Å². The average molecular weight is 279 g/mol. The van der Waals surface area contributed by atoms with Crippen molar-refractivity contribution in [1.29, 1.82) is 0 Å². The van der Waals surface area contributed by atoms with E-state index in [1.807, 2.05) is 20.8 Å². The van der Waals surface area contributed by atoms with Crippen LogP contribution in [0.2, 0.25) is 5.02 Å². The molecule has 0 fully saturated rings. The van der Waals surface area contributed by atoms with Gasteiger partial charge in [0.15, 0.2) is 0 Å². The molecule has 0 bridgehead atoms. The van der Waals surface area contributed by atoms with Gasteiger partial charge in [0.05, 0.1) is 11.2 Å². The molecule has 100 valence electrons. The van der Waals surface area contributed by atoms with Crippen LogP contribution in [-0.2, 0) is 5.41 Å². The summed E-state index contributed by atoms with van der Waals surface area (Å²) in [5.41, 5.74) is 5.56. The molecule has 6 heteroatoms. The average Bonchev–Trinajstić information content (AvgIpc) is 2.26. The largest absolute Gasteiger partial charge is 0.437 e. The van der Waals surface area contributed by atoms with Crippen LogP contribution in [0, 0.1) is 0 Å². The maximum absolute atomic E-state index is 5.85. The summed E-state index contributed by atoms with van der Waals surface area (Å²) < 4.78 is 5.60. The Morgan fingerprint density at radius 2 is 1.89 bits per heavy atom. The van der Waals surface area contributed by atoms with Crippen LogP contribution < -0.4 is 10.5 Å². The fraction of sp³-hybridized carbons (Fsp3) is 0.308. The maximum Gasteiger partial charge on any atom is 0.224 e. The predicted molar refractivity (Wildman–Crippen MR) is 74.5 cm³/mol. The van der Waals surface area contributed by atoms with Crippen LogP contribution in [0.25, 0.3) is 0 Å². The van der Waals surface area contributed by atoms with Crippen LogP contribution in [0.3, 0.4) is 0 Å². The van der Waals surface area contributed by atoms with Crippen LogP contribution in [0.15, 0.2) is 24.5 Å². The molecule has 0 spiro atoms. The Morgan fingerprint density at radius 3 is 2.53 bits per heavy atom. The monoisotopic (exact) mass is 278 g/mol. The third-order valence-electron chi connectivity index (χ3n) is 2.30. The second-order valence-corrected chi connectivity index (χ2v) is 5.58. The standard InChI is InChI=1S/C13H15ClN4O/c1-13(2,3)12-17-10(15)5-11(18-12)19-9-4-8(14)6-16-7-9/h4-7H,1-3H3,(H2,15,17,18). The highest BCUT2D eigenvalue weighted by atomic mass is 35.5. The first-order chi connectivity index (χ1) is 8.84. The molecule has 2 N–H and O–H groups in total. The minimum atomic E-state index is -0.208. The lowest BCUT2D eigenvalue weighted by Gasteiger charge is -2.17. The molecule has 0 atom stereocenters. The normalized spacial score (nSPS) is 11.4. The number of anilines is 1. The zero-order chi connectivity index (χ0) is 14.0. The number of nitrogens with two attached hydrogens (primary N) is 1. The first-order valence-electron chi connectivity index (χ1n) is 5.78. The lowest BCUT2D eigenvalue weighted by molar-refractivity contribution is 0.445. The van der Waals surface area contributed by atoms with Crippen LogP contribution in [0.4, 0.5) is 5.82 Å². The quantitative estimate of drug-likeness (QED) is 0.913. The molecule has 0 aromatic carbocycles. The molecule has 2 rings (SSSR count). The fourth-order valence-electron chi connectivity index (χ4n) is 1.40. The summed E-state index contributed by atoms with van der Waals surface area (Å²) >= 11 is 5.85. The van der Waals surface area contributed by atoms with Gasteiger partial charge in [-0.2, -0.15) is 4.98 Å². The molecular weight excluding hydrogens is 264 g/mol. The van der Waals surface area contributed by atoms with Gasteiger partial charge in [0.1, 0.15) is 17.4 Å². The van der Waals surface area contributed by atoms with E-state index in [2.05, 4.69) is 15.0 Å². The van der Waals surface area contributed by atoms with E-state index in [1.54, 1.807) is 18.3 Å². The minimum Gasteiger partial charge on any atom is -0.437 e. The number of aromatic nitrogens is 3. The topological polar surface area (TPSA) is 73.9 Å². The number of ether oxygens (including phenoxy) is 1. The zero-order valence-corrected chi connectivity index (χ0v) is 11.8. The van der Waals surface area contributed by atoms with Crippen molar-refractivity contribution in [2.45, 2.75) is 26.2 Å². The summed E-state index contributed by atoms with van der Waals surface area (Å²) in [5, 5.41) is 0.496. The molecule has 2 aromatic rings. The third kappa shape index (κ3) is 3.54. The van der Waals surface area contributed by atoms with Crippen LogP contribution in [0.5, 0.6) is 11.6 Å². The highest BCUT2D eigenvalue weighted by Crippen LogP contribution is 2.26. The number of hydrogen-bond donors (Lipinski definition) is 1. The van der Waals surface area contributed by atoms with Gasteiger partial charge in [0.25, 0.3) is 0 Å². The lowest BCUT2D eigenvalue weighted by atomic mass is 9.96. The van der Waals surface area contributed by atoms with Gasteiger partial charge < -0.3 is 10.5 Å². The van der Waals surface area contributed by atoms with Crippen molar-refractivity contribution >= 4 is 17.4 Å². The van der Waals surface area contributed by atoms with Gasteiger partial charge in [-0.1, -0.05) is 32.4 Å². The lowest BCUT2D eigenvalue weighted by Crippen LogP contribution is -2.17. The van der Waals surface area contributed by atoms with E-state index in [9.17, 15) is 0 Å². The summed E-state index contributed by atoms with van der Waals surface area (Å²) in [7, 11) is 0. The van der Waals surface area contributed by atoms with Gasteiger partial charge in [0.2, 0.25) is 5.88 Å². The molecule has 2 aromatic heterocycles. The molecule has 0 radical (unpaired) electrons. The van der Waals surface area contributed by atoms with E-state index in [1.165, 1.54) is 6.20 Å². The zero-order valence-electron chi connectivity index (χ0n) is 11.0. The highest BCUT2D eigenvalue weighted by molar-refractivity contribution is 6.30. The molecule has 0 unspecified atom stereocenters. The molecule has 2 heterocycles. The van der Waals surface area contributed by atoms with E-state index in [0.717, 1.165) is 0 Å². The highest BCUT2D eigenvalue weighted by Gasteiger charge is 2.19. The van der Waals surface area contributed by atoms with Crippen molar-refractivity contribution in [1.82, 2.24) is 15.0 Å². The second-order valence-electron chi connectivity index (χ2n) is 5.15. The SMILES string of the molecule is CC(C)(C)c1nc(N)cc(Oc2cncc(Cl)c2)n1. The van der Waals surface area contributed by atoms with Crippen molar-refractivity contribution in [2.24, 2.45) is 0 Å².